The number of nitrogens with two attached hydrogens (primary N) is 1. The number of ether oxygens (including phenoxy) is 2. The van der Waals surface area contributed by atoms with Crippen molar-refractivity contribution in [3.8, 4) is 11.5 Å². The number of hydrogen-bond donors (Lipinski definition) is 2. The van der Waals surface area contributed by atoms with Crippen molar-refractivity contribution in [3.05, 3.63) is 59.2 Å². The summed E-state index contributed by atoms with van der Waals surface area (Å²) in [5, 5.41) is 2.78. The Morgan fingerprint density at radius 1 is 1.17 bits per heavy atom. The van der Waals surface area contributed by atoms with Crippen LogP contribution in [0.15, 0.2) is 42.5 Å². The summed E-state index contributed by atoms with van der Waals surface area (Å²) in [4.78, 5) is 23.4. The molecule has 6 heteroatoms. The Balaban J connectivity index is 1.96. The van der Waals surface area contributed by atoms with E-state index in [-0.39, 0.29) is 23.8 Å². The largest absolute Gasteiger partial charge is 0.497 e. The number of primary amides is 1. The van der Waals surface area contributed by atoms with Crippen molar-refractivity contribution in [2.24, 2.45) is 5.73 Å². The van der Waals surface area contributed by atoms with Crippen molar-refractivity contribution in [2.45, 2.75) is 13.5 Å². The van der Waals surface area contributed by atoms with Gasteiger partial charge in [0.25, 0.3) is 11.8 Å². The van der Waals surface area contributed by atoms with Crippen LogP contribution in [-0.2, 0) is 11.3 Å². The number of hydrogen-bond acceptors (Lipinski definition) is 4. The SMILES string of the molecule is COc1ccc(C(N)=O)c(OCC(=O)NCc2ccccc2C)c1. The van der Waals surface area contributed by atoms with Crippen LogP contribution in [0.3, 0.4) is 0 Å². The van der Waals surface area contributed by atoms with Crippen LogP contribution in [0.1, 0.15) is 21.5 Å². The van der Waals surface area contributed by atoms with E-state index in [9.17, 15) is 9.59 Å². The van der Waals surface area contributed by atoms with Crippen molar-refractivity contribution in [1.82, 2.24) is 5.32 Å². The Bertz CT molecular complexity index is 744. The summed E-state index contributed by atoms with van der Waals surface area (Å²) in [5.74, 6) is -0.201. The minimum Gasteiger partial charge on any atom is -0.497 e. The van der Waals surface area contributed by atoms with Gasteiger partial charge in [-0.15, -0.1) is 0 Å². The molecule has 2 aromatic carbocycles. The fourth-order valence-corrected chi connectivity index (χ4v) is 2.15. The van der Waals surface area contributed by atoms with E-state index >= 15 is 0 Å². The second-order valence-electron chi connectivity index (χ2n) is 5.22. The molecule has 6 nitrogen and oxygen atoms in total. The van der Waals surface area contributed by atoms with E-state index in [1.54, 1.807) is 6.07 Å². The Hall–Kier alpha value is -3.02. The van der Waals surface area contributed by atoms with E-state index in [1.807, 2.05) is 31.2 Å². The third-order valence-corrected chi connectivity index (χ3v) is 3.55. The fraction of sp³-hybridized carbons (Fsp3) is 0.222. The molecular formula is C18H20N2O4. The summed E-state index contributed by atoms with van der Waals surface area (Å²) in [6.45, 7) is 2.17. The average Bonchev–Trinajstić information content (AvgIpc) is 2.58. The molecule has 0 aliphatic rings. The van der Waals surface area contributed by atoms with Crippen molar-refractivity contribution < 1.29 is 19.1 Å². The molecule has 2 amide bonds. The molecule has 0 heterocycles. The molecule has 0 aromatic heterocycles. The second kappa shape index (κ2) is 8.01. The van der Waals surface area contributed by atoms with Crippen molar-refractivity contribution in [2.75, 3.05) is 13.7 Å². The third-order valence-electron chi connectivity index (χ3n) is 3.55. The number of methoxy groups -OCH3 is 1. The molecule has 0 bridgehead atoms. The quantitative estimate of drug-likeness (QED) is 0.811. The number of aryl methyl sites for hydroxylation is 1. The molecule has 126 valence electrons. The van der Waals surface area contributed by atoms with Gasteiger partial charge in [0.2, 0.25) is 0 Å². The zero-order valence-corrected chi connectivity index (χ0v) is 13.7. The average molecular weight is 328 g/mol. The maximum absolute atomic E-state index is 12.0. The minimum atomic E-state index is -0.632. The van der Waals surface area contributed by atoms with Gasteiger partial charge < -0.3 is 20.5 Å². The Kier molecular flexibility index (Phi) is 5.78. The molecule has 2 aromatic rings. The predicted molar refractivity (Wildman–Crippen MR) is 90.0 cm³/mol. The van der Waals surface area contributed by atoms with E-state index in [1.165, 1.54) is 19.2 Å². The van der Waals surface area contributed by atoms with Crippen molar-refractivity contribution in [3.63, 3.8) is 0 Å². The highest BCUT2D eigenvalue weighted by Crippen LogP contribution is 2.24. The monoisotopic (exact) mass is 328 g/mol. The highest BCUT2D eigenvalue weighted by molar-refractivity contribution is 5.96. The molecule has 0 fully saturated rings. The van der Waals surface area contributed by atoms with Crippen LogP contribution in [0.25, 0.3) is 0 Å². The predicted octanol–water partition coefficient (Wildman–Crippen LogP) is 1.80. The van der Waals surface area contributed by atoms with Crippen LogP contribution in [0.4, 0.5) is 0 Å². The molecule has 0 saturated carbocycles. The summed E-state index contributed by atoms with van der Waals surface area (Å²) in [6.07, 6.45) is 0. The maximum Gasteiger partial charge on any atom is 0.258 e. The van der Waals surface area contributed by atoms with Crippen LogP contribution in [0.5, 0.6) is 11.5 Å². The van der Waals surface area contributed by atoms with Gasteiger partial charge in [0.15, 0.2) is 6.61 Å². The summed E-state index contributed by atoms with van der Waals surface area (Å²) in [7, 11) is 1.50. The fourth-order valence-electron chi connectivity index (χ4n) is 2.15. The normalized spacial score (nSPS) is 10.1. The summed E-state index contributed by atoms with van der Waals surface area (Å²) in [5.41, 5.74) is 7.63. The number of benzene rings is 2. The molecule has 24 heavy (non-hydrogen) atoms. The summed E-state index contributed by atoms with van der Waals surface area (Å²) >= 11 is 0. The lowest BCUT2D eigenvalue weighted by molar-refractivity contribution is -0.123. The highest BCUT2D eigenvalue weighted by atomic mass is 16.5. The number of carbonyl (C=O) groups excluding carboxylic acids is 2. The molecule has 0 saturated heterocycles. The summed E-state index contributed by atoms with van der Waals surface area (Å²) < 4.78 is 10.5. The molecule has 0 spiro atoms. The van der Waals surface area contributed by atoms with Gasteiger partial charge in [0, 0.05) is 12.6 Å². The molecular weight excluding hydrogens is 308 g/mol. The zero-order valence-electron chi connectivity index (χ0n) is 13.7. The van der Waals surface area contributed by atoms with Crippen LogP contribution < -0.4 is 20.5 Å². The van der Waals surface area contributed by atoms with Gasteiger partial charge in [-0.1, -0.05) is 24.3 Å². The van der Waals surface area contributed by atoms with E-state index in [2.05, 4.69) is 5.32 Å². The highest BCUT2D eigenvalue weighted by Gasteiger charge is 2.12. The van der Waals surface area contributed by atoms with Gasteiger partial charge in [0.05, 0.1) is 12.7 Å². The molecule has 0 aliphatic heterocycles. The lowest BCUT2D eigenvalue weighted by Crippen LogP contribution is -2.29. The Morgan fingerprint density at radius 3 is 2.58 bits per heavy atom. The smallest absolute Gasteiger partial charge is 0.258 e. The molecule has 3 N–H and O–H groups in total. The van der Waals surface area contributed by atoms with Crippen molar-refractivity contribution >= 4 is 11.8 Å². The molecule has 0 atom stereocenters. The summed E-state index contributed by atoms with van der Waals surface area (Å²) in [6, 6.07) is 12.4. The van der Waals surface area contributed by atoms with Crippen LogP contribution in [0.2, 0.25) is 0 Å². The van der Waals surface area contributed by atoms with Gasteiger partial charge in [0.1, 0.15) is 11.5 Å². The zero-order chi connectivity index (χ0) is 17.5. The molecule has 0 aliphatic carbocycles. The lowest BCUT2D eigenvalue weighted by atomic mass is 10.1. The molecule has 0 unspecified atom stereocenters. The van der Waals surface area contributed by atoms with E-state index < -0.39 is 5.91 Å². The maximum atomic E-state index is 12.0. The number of nitrogens with one attached hydrogen (secondary N) is 1. The standard InChI is InChI=1S/C18H20N2O4/c1-12-5-3-4-6-13(12)10-20-17(21)11-24-16-9-14(23-2)7-8-15(16)18(19)22/h3-9H,10-11H2,1-2H3,(H2,19,22)(H,20,21). The molecule has 2 rings (SSSR count). The number of carbonyl (C=O) groups is 2. The Morgan fingerprint density at radius 2 is 1.92 bits per heavy atom. The Labute approximate surface area is 140 Å². The van der Waals surface area contributed by atoms with Gasteiger partial charge in [-0.2, -0.15) is 0 Å². The van der Waals surface area contributed by atoms with E-state index in [0.29, 0.717) is 12.3 Å². The van der Waals surface area contributed by atoms with E-state index in [4.69, 9.17) is 15.2 Å². The van der Waals surface area contributed by atoms with Gasteiger partial charge in [-0.3, -0.25) is 9.59 Å². The first-order chi connectivity index (χ1) is 11.5. The first-order valence-corrected chi connectivity index (χ1v) is 7.43. The van der Waals surface area contributed by atoms with Crippen LogP contribution >= 0.6 is 0 Å². The lowest BCUT2D eigenvalue weighted by Gasteiger charge is -2.12. The van der Waals surface area contributed by atoms with Crippen LogP contribution in [-0.4, -0.2) is 25.5 Å². The van der Waals surface area contributed by atoms with Gasteiger partial charge in [-0.25, -0.2) is 0 Å². The van der Waals surface area contributed by atoms with Gasteiger partial charge >= 0.3 is 0 Å². The first-order valence-electron chi connectivity index (χ1n) is 7.43. The second-order valence-corrected chi connectivity index (χ2v) is 5.22. The number of rotatable bonds is 7. The van der Waals surface area contributed by atoms with Crippen LogP contribution in [0, 0.1) is 6.92 Å². The van der Waals surface area contributed by atoms with Crippen molar-refractivity contribution in [1.29, 1.82) is 0 Å². The topological polar surface area (TPSA) is 90.7 Å². The number of amides is 2. The minimum absolute atomic E-state index is 0.197. The molecule has 0 radical (unpaired) electrons. The third kappa shape index (κ3) is 4.49. The first kappa shape index (κ1) is 17.3. The van der Waals surface area contributed by atoms with E-state index in [0.717, 1.165) is 11.1 Å². The van der Waals surface area contributed by atoms with Gasteiger partial charge in [-0.05, 0) is 30.2 Å².